The molecule has 0 saturated carbocycles. The van der Waals surface area contributed by atoms with Crippen LogP contribution in [-0.4, -0.2) is 47.0 Å². The number of para-hydroxylation sites is 1. The lowest BCUT2D eigenvalue weighted by Gasteiger charge is -2.30. The van der Waals surface area contributed by atoms with Crippen molar-refractivity contribution in [3.8, 4) is 11.1 Å². The molecule has 188 valence electrons. The number of amides is 1. The first-order valence-electron chi connectivity index (χ1n) is 12.3. The third-order valence-corrected chi connectivity index (χ3v) is 6.54. The fraction of sp³-hybridized carbons (Fsp3) is 0.207. The van der Waals surface area contributed by atoms with Crippen LogP contribution in [0.25, 0.3) is 22.0 Å². The predicted molar refractivity (Wildman–Crippen MR) is 148 cm³/mol. The van der Waals surface area contributed by atoms with E-state index in [0.29, 0.717) is 23.0 Å². The number of nitrogens with one attached hydrogen (secondary N) is 3. The minimum Gasteiger partial charge on any atom is -0.380 e. The van der Waals surface area contributed by atoms with Gasteiger partial charge in [-0.15, -0.1) is 0 Å². The molecule has 0 unspecified atom stereocenters. The SMILES string of the molecule is C=CC(=O)Nc1cccc(-c2cccc3cnc(Nc4ccc(NC5CCN(C)CC5)c(F)c4)nc23)c1. The van der Waals surface area contributed by atoms with Gasteiger partial charge in [-0.25, -0.2) is 14.4 Å². The molecule has 1 fully saturated rings. The van der Waals surface area contributed by atoms with Crippen LogP contribution >= 0.6 is 0 Å². The lowest BCUT2D eigenvalue weighted by molar-refractivity contribution is -0.111. The number of likely N-dealkylation sites (tertiary alicyclic amines) is 1. The molecule has 1 aliphatic heterocycles. The second kappa shape index (κ2) is 10.8. The largest absolute Gasteiger partial charge is 0.380 e. The van der Waals surface area contributed by atoms with Gasteiger partial charge in [0, 0.05) is 34.6 Å². The highest BCUT2D eigenvalue weighted by molar-refractivity contribution is 6.00. The summed E-state index contributed by atoms with van der Waals surface area (Å²) in [5.41, 5.74) is 4.26. The number of aromatic nitrogens is 2. The van der Waals surface area contributed by atoms with E-state index >= 15 is 0 Å². The van der Waals surface area contributed by atoms with Gasteiger partial charge in [0.2, 0.25) is 11.9 Å². The van der Waals surface area contributed by atoms with Crippen molar-refractivity contribution in [3.63, 3.8) is 0 Å². The highest BCUT2D eigenvalue weighted by Crippen LogP contribution is 2.30. The van der Waals surface area contributed by atoms with E-state index in [1.807, 2.05) is 48.5 Å². The average molecular weight is 497 g/mol. The molecule has 1 aromatic heterocycles. The monoisotopic (exact) mass is 496 g/mol. The Morgan fingerprint density at radius 2 is 1.89 bits per heavy atom. The van der Waals surface area contributed by atoms with Crippen LogP contribution in [-0.2, 0) is 4.79 Å². The number of hydrogen-bond donors (Lipinski definition) is 3. The summed E-state index contributed by atoms with van der Waals surface area (Å²) in [7, 11) is 2.11. The summed E-state index contributed by atoms with van der Waals surface area (Å²) in [6.07, 6.45) is 4.96. The number of benzene rings is 3. The van der Waals surface area contributed by atoms with Crippen molar-refractivity contribution in [2.75, 3.05) is 36.1 Å². The zero-order chi connectivity index (χ0) is 25.8. The molecule has 0 aliphatic carbocycles. The topological polar surface area (TPSA) is 82.2 Å². The molecule has 0 spiro atoms. The van der Waals surface area contributed by atoms with Crippen LogP contribution in [0.3, 0.4) is 0 Å². The number of fused-ring (bicyclic) bond motifs is 1. The van der Waals surface area contributed by atoms with E-state index in [1.54, 1.807) is 12.3 Å². The average Bonchev–Trinajstić information content (AvgIpc) is 2.91. The molecule has 0 atom stereocenters. The van der Waals surface area contributed by atoms with Crippen LogP contribution < -0.4 is 16.0 Å². The van der Waals surface area contributed by atoms with E-state index in [4.69, 9.17) is 4.98 Å². The number of rotatable bonds is 7. The number of nitrogens with zero attached hydrogens (tertiary/aromatic N) is 3. The lowest BCUT2D eigenvalue weighted by Crippen LogP contribution is -2.36. The molecular weight excluding hydrogens is 467 g/mol. The molecule has 2 heterocycles. The molecule has 3 N–H and O–H groups in total. The van der Waals surface area contributed by atoms with Crippen molar-refractivity contribution >= 4 is 39.8 Å². The molecular formula is C29H29FN6O. The predicted octanol–water partition coefficient (Wildman–Crippen LogP) is 5.81. The third kappa shape index (κ3) is 5.76. The molecule has 1 aliphatic rings. The quantitative estimate of drug-likeness (QED) is 0.280. The summed E-state index contributed by atoms with van der Waals surface area (Å²) >= 11 is 0. The number of piperidine rings is 1. The maximum absolute atomic E-state index is 14.9. The normalized spacial score (nSPS) is 14.3. The fourth-order valence-electron chi connectivity index (χ4n) is 4.52. The van der Waals surface area contributed by atoms with Gasteiger partial charge < -0.3 is 20.9 Å². The van der Waals surface area contributed by atoms with Gasteiger partial charge >= 0.3 is 0 Å². The van der Waals surface area contributed by atoms with E-state index in [9.17, 15) is 9.18 Å². The van der Waals surface area contributed by atoms with E-state index in [0.717, 1.165) is 48.0 Å². The van der Waals surface area contributed by atoms with Crippen LogP contribution in [0.2, 0.25) is 0 Å². The van der Waals surface area contributed by atoms with Gasteiger partial charge in [-0.3, -0.25) is 4.79 Å². The van der Waals surface area contributed by atoms with E-state index in [2.05, 4.69) is 39.5 Å². The Hall–Kier alpha value is -4.30. The summed E-state index contributed by atoms with van der Waals surface area (Å²) in [5.74, 6) is -0.223. The smallest absolute Gasteiger partial charge is 0.247 e. The summed E-state index contributed by atoms with van der Waals surface area (Å²) in [6, 6.07) is 18.7. The third-order valence-electron chi connectivity index (χ3n) is 6.54. The van der Waals surface area contributed by atoms with E-state index in [1.165, 1.54) is 12.1 Å². The Balaban J connectivity index is 1.37. The molecule has 0 radical (unpaired) electrons. The number of carbonyl (C=O) groups excluding carboxylic acids is 1. The molecule has 5 rings (SSSR count). The number of halogens is 1. The first kappa shape index (κ1) is 24.4. The Morgan fingerprint density at radius 3 is 2.68 bits per heavy atom. The second-order valence-electron chi connectivity index (χ2n) is 9.25. The van der Waals surface area contributed by atoms with Crippen molar-refractivity contribution < 1.29 is 9.18 Å². The Morgan fingerprint density at radius 1 is 1.08 bits per heavy atom. The van der Waals surface area contributed by atoms with Gasteiger partial charge in [0.25, 0.3) is 0 Å². The highest BCUT2D eigenvalue weighted by atomic mass is 19.1. The first-order valence-corrected chi connectivity index (χ1v) is 12.3. The summed E-state index contributed by atoms with van der Waals surface area (Å²) in [6.45, 7) is 5.51. The molecule has 4 aromatic rings. The maximum atomic E-state index is 14.9. The van der Waals surface area contributed by atoms with E-state index < -0.39 is 0 Å². The molecule has 3 aromatic carbocycles. The van der Waals surface area contributed by atoms with Crippen LogP contribution in [0.1, 0.15) is 12.8 Å². The second-order valence-corrected chi connectivity index (χ2v) is 9.25. The number of carbonyl (C=O) groups is 1. The Bertz CT molecular complexity index is 1450. The van der Waals surface area contributed by atoms with Crippen molar-refractivity contribution in [1.29, 1.82) is 0 Å². The molecule has 37 heavy (non-hydrogen) atoms. The maximum Gasteiger partial charge on any atom is 0.247 e. The Labute approximate surface area is 215 Å². The molecule has 1 saturated heterocycles. The molecule has 7 nitrogen and oxygen atoms in total. The summed E-state index contributed by atoms with van der Waals surface area (Å²) in [4.78, 5) is 23.2. The number of hydrogen-bond acceptors (Lipinski definition) is 6. The minimum atomic E-state index is -0.316. The van der Waals surface area contributed by atoms with Crippen LogP contribution in [0, 0.1) is 5.82 Å². The van der Waals surface area contributed by atoms with Crippen LogP contribution in [0.5, 0.6) is 0 Å². The van der Waals surface area contributed by atoms with Crippen molar-refractivity contribution in [2.24, 2.45) is 0 Å². The minimum absolute atomic E-state index is 0.273. The van der Waals surface area contributed by atoms with Gasteiger partial charge in [0.15, 0.2) is 0 Å². The van der Waals surface area contributed by atoms with Gasteiger partial charge in [0.1, 0.15) is 5.82 Å². The van der Waals surface area contributed by atoms with Crippen LogP contribution in [0.15, 0.2) is 79.5 Å². The zero-order valence-corrected chi connectivity index (χ0v) is 20.7. The van der Waals surface area contributed by atoms with Gasteiger partial charge in [-0.05, 0) is 75.0 Å². The summed E-state index contributed by atoms with van der Waals surface area (Å²) < 4.78 is 14.9. The molecule has 8 heteroatoms. The Kier molecular flexibility index (Phi) is 7.09. The van der Waals surface area contributed by atoms with Crippen molar-refractivity contribution in [2.45, 2.75) is 18.9 Å². The van der Waals surface area contributed by atoms with Crippen molar-refractivity contribution in [3.05, 3.63) is 85.3 Å². The molecule has 1 amide bonds. The fourth-order valence-corrected chi connectivity index (χ4v) is 4.52. The highest BCUT2D eigenvalue weighted by Gasteiger charge is 2.18. The zero-order valence-electron chi connectivity index (χ0n) is 20.7. The summed E-state index contributed by atoms with van der Waals surface area (Å²) in [5, 5.41) is 10.1. The standard InChI is InChI=1S/C29H29FN6O/c1-3-27(37)33-22-8-4-6-19(16-22)24-9-5-7-20-18-31-29(35-28(20)24)34-23-10-11-26(25(30)17-23)32-21-12-14-36(2)15-13-21/h3-11,16-18,21,32H,1,12-15H2,2H3,(H,33,37)(H,31,34,35). The van der Waals surface area contributed by atoms with Gasteiger partial charge in [-0.1, -0.05) is 36.9 Å². The molecule has 0 bridgehead atoms. The van der Waals surface area contributed by atoms with Crippen molar-refractivity contribution in [1.82, 2.24) is 14.9 Å². The van der Waals surface area contributed by atoms with Crippen LogP contribution in [0.4, 0.5) is 27.4 Å². The lowest BCUT2D eigenvalue weighted by atomic mass is 10.0. The number of anilines is 4. The van der Waals surface area contributed by atoms with Gasteiger partial charge in [-0.2, -0.15) is 0 Å². The van der Waals surface area contributed by atoms with E-state index in [-0.39, 0.29) is 17.8 Å². The van der Waals surface area contributed by atoms with Gasteiger partial charge in [0.05, 0.1) is 11.2 Å². The first-order chi connectivity index (χ1) is 18.0.